The molecule has 1 saturated carbocycles. The molecule has 1 saturated heterocycles. The molecule has 1 aliphatic heterocycles. The molecule has 1 N–H and O–H groups in total. The van der Waals surface area contributed by atoms with Crippen molar-refractivity contribution in [1.29, 1.82) is 0 Å². The summed E-state index contributed by atoms with van der Waals surface area (Å²) in [6, 6.07) is 2.62. The highest BCUT2D eigenvalue weighted by Crippen LogP contribution is 2.25. The van der Waals surface area contributed by atoms with Crippen molar-refractivity contribution in [3.63, 3.8) is 0 Å². The number of hydrogen-bond donors (Lipinski definition) is 1. The van der Waals surface area contributed by atoms with Crippen LogP contribution in [0.3, 0.4) is 0 Å². The van der Waals surface area contributed by atoms with Crippen molar-refractivity contribution in [3.05, 3.63) is 18.3 Å². The molecule has 2 heterocycles. The minimum atomic E-state index is -3.36. The quantitative estimate of drug-likeness (QED) is 0.842. The Balaban J connectivity index is 1.50. The van der Waals surface area contributed by atoms with Crippen LogP contribution in [0.2, 0.25) is 0 Å². The average molecular weight is 394 g/mol. The summed E-state index contributed by atoms with van der Waals surface area (Å²) in [4.78, 5) is 32.4. The average Bonchev–Trinajstić information content (AvgIpc) is 2.68. The Morgan fingerprint density at radius 3 is 2.22 bits per heavy atom. The molecule has 0 spiro atoms. The normalized spacial score (nSPS) is 19.0. The van der Waals surface area contributed by atoms with Crippen molar-refractivity contribution < 1.29 is 18.0 Å². The molecule has 0 radical (unpaired) electrons. The van der Waals surface area contributed by atoms with Gasteiger partial charge in [-0.1, -0.05) is 19.3 Å². The number of urea groups is 1. The first-order valence-corrected chi connectivity index (χ1v) is 11.2. The van der Waals surface area contributed by atoms with Crippen LogP contribution >= 0.6 is 0 Å². The van der Waals surface area contributed by atoms with Crippen LogP contribution < -0.4 is 5.32 Å². The van der Waals surface area contributed by atoms with E-state index in [2.05, 4.69) is 10.3 Å². The van der Waals surface area contributed by atoms with Crippen molar-refractivity contribution in [2.24, 2.45) is 5.92 Å². The fourth-order valence-corrected chi connectivity index (χ4v) is 4.17. The van der Waals surface area contributed by atoms with Gasteiger partial charge >= 0.3 is 6.03 Å². The summed E-state index contributed by atoms with van der Waals surface area (Å²) < 4.78 is 22.8. The summed E-state index contributed by atoms with van der Waals surface area (Å²) in [6.45, 7) is 2.07. The van der Waals surface area contributed by atoms with Crippen LogP contribution in [0.1, 0.15) is 32.1 Å². The number of nitrogens with one attached hydrogen (secondary N) is 1. The number of carbonyl (C=O) groups excluding carboxylic acids is 2. The number of nitrogens with zero attached hydrogens (tertiary/aromatic N) is 3. The number of piperazine rings is 1. The number of rotatable bonds is 3. The third kappa shape index (κ3) is 4.97. The second-order valence-electron chi connectivity index (χ2n) is 7.23. The van der Waals surface area contributed by atoms with Gasteiger partial charge in [-0.05, 0) is 25.0 Å². The van der Waals surface area contributed by atoms with E-state index < -0.39 is 9.84 Å². The van der Waals surface area contributed by atoms with E-state index in [0.717, 1.165) is 31.9 Å². The molecule has 0 unspecified atom stereocenters. The molecule has 148 valence electrons. The summed E-state index contributed by atoms with van der Waals surface area (Å²) in [6.07, 6.45) is 7.86. The Bertz CT molecular complexity index is 780. The van der Waals surface area contributed by atoms with Crippen LogP contribution in [-0.2, 0) is 14.6 Å². The highest BCUT2D eigenvalue weighted by molar-refractivity contribution is 7.90. The van der Waals surface area contributed by atoms with Crippen molar-refractivity contribution in [2.75, 3.05) is 37.8 Å². The molecule has 0 atom stereocenters. The number of aromatic nitrogens is 1. The van der Waals surface area contributed by atoms with E-state index in [-0.39, 0.29) is 22.9 Å². The second-order valence-corrected chi connectivity index (χ2v) is 9.20. The van der Waals surface area contributed by atoms with Gasteiger partial charge in [-0.25, -0.2) is 18.2 Å². The molecule has 0 aromatic carbocycles. The lowest BCUT2D eigenvalue weighted by Crippen LogP contribution is -2.53. The summed E-state index contributed by atoms with van der Waals surface area (Å²) in [7, 11) is -3.36. The van der Waals surface area contributed by atoms with E-state index in [1.54, 1.807) is 4.90 Å². The van der Waals surface area contributed by atoms with Gasteiger partial charge in [-0.15, -0.1) is 0 Å². The molecule has 1 aromatic rings. The zero-order valence-electron chi connectivity index (χ0n) is 15.6. The molecule has 2 fully saturated rings. The minimum Gasteiger partial charge on any atom is -0.339 e. The van der Waals surface area contributed by atoms with Gasteiger partial charge < -0.3 is 15.1 Å². The maximum Gasteiger partial charge on any atom is 0.322 e. The first kappa shape index (κ1) is 19.6. The van der Waals surface area contributed by atoms with Gasteiger partial charge in [-0.3, -0.25) is 4.79 Å². The van der Waals surface area contributed by atoms with Crippen LogP contribution in [-0.4, -0.2) is 67.6 Å². The van der Waals surface area contributed by atoms with Gasteiger partial charge in [0, 0.05) is 38.4 Å². The lowest BCUT2D eigenvalue weighted by molar-refractivity contribution is -0.138. The smallest absolute Gasteiger partial charge is 0.322 e. The predicted molar refractivity (Wildman–Crippen MR) is 101 cm³/mol. The third-order valence-electron chi connectivity index (χ3n) is 5.20. The number of pyridine rings is 1. The molecule has 9 heteroatoms. The predicted octanol–water partition coefficient (Wildman–Crippen LogP) is 1.74. The largest absolute Gasteiger partial charge is 0.339 e. The first-order valence-electron chi connectivity index (χ1n) is 9.35. The van der Waals surface area contributed by atoms with Crippen molar-refractivity contribution in [2.45, 2.75) is 37.1 Å². The molecule has 1 aliphatic carbocycles. The van der Waals surface area contributed by atoms with Gasteiger partial charge in [-0.2, -0.15) is 0 Å². The van der Waals surface area contributed by atoms with Gasteiger partial charge in [0.15, 0.2) is 14.9 Å². The van der Waals surface area contributed by atoms with Gasteiger partial charge in [0.2, 0.25) is 5.91 Å². The maximum atomic E-state index is 12.6. The van der Waals surface area contributed by atoms with Crippen molar-refractivity contribution in [1.82, 2.24) is 14.8 Å². The van der Waals surface area contributed by atoms with Crippen LogP contribution in [0.4, 0.5) is 10.5 Å². The zero-order chi connectivity index (χ0) is 19.4. The van der Waals surface area contributed by atoms with Crippen molar-refractivity contribution >= 4 is 27.5 Å². The standard InChI is InChI=1S/C18H26N4O4S/c1-27(25,26)16-8-7-15(13-19-16)20-18(24)22-11-9-21(10-12-22)17(23)14-5-3-2-4-6-14/h7-8,13-14H,2-6,9-12H2,1H3,(H,20,24). The molecular formula is C18H26N4O4S. The fraction of sp³-hybridized carbons (Fsp3) is 0.611. The van der Waals surface area contributed by atoms with Crippen LogP contribution in [0.5, 0.6) is 0 Å². The number of anilines is 1. The third-order valence-corrected chi connectivity index (χ3v) is 6.20. The topological polar surface area (TPSA) is 99.7 Å². The molecule has 1 aromatic heterocycles. The van der Waals surface area contributed by atoms with Gasteiger partial charge in [0.25, 0.3) is 0 Å². The Labute approximate surface area is 159 Å². The molecule has 0 bridgehead atoms. The number of amides is 3. The van der Waals surface area contributed by atoms with E-state index in [1.165, 1.54) is 24.8 Å². The highest BCUT2D eigenvalue weighted by atomic mass is 32.2. The summed E-state index contributed by atoms with van der Waals surface area (Å²) in [5, 5.41) is 2.69. The lowest BCUT2D eigenvalue weighted by atomic mass is 9.88. The molecule has 3 rings (SSSR count). The number of carbonyl (C=O) groups is 2. The molecule has 2 aliphatic rings. The van der Waals surface area contributed by atoms with Crippen LogP contribution in [0.15, 0.2) is 23.4 Å². The highest BCUT2D eigenvalue weighted by Gasteiger charge is 2.29. The Morgan fingerprint density at radius 1 is 1.04 bits per heavy atom. The van der Waals surface area contributed by atoms with E-state index in [9.17, 15) is 18.0 Å². The first-order chi connectivity index (χ1) is 12.8. The summed E-state index contributed by atoms with van der Waals surface area (Å²) in [5.74, 6) is 0.383. The Morgan fingerprint density at radius 2 is 1.67 bits per heavy atom. The second kappa shape index (κ2) is 8.24. The summed E-state index contributed by atoms with van der Waals surface area (Å²) >= 11 is 0. The fourth-order valence-electron chi connectivity index (χ4n) is 3.61. The summed E-state index contributed by atoms with van der Waals surface area (Å²) in [5.41, 5.74) is 0.438. The SMILES string of the molecule is CS(=O)(=O)c1ccc(NC(=O)N2CCN(C(=O)C3CCCCC3)CC2)cn1. The molecular weight excluding hydrogens is 368 g/mol. The van der Waals surface area contributed by atoms with Gasteiger partial charge in [0.05, 0.1) is 11.9 Å². The van der Waals surface area contributed by atoms with Crippen LogP contribution in [0, 0.1) is 5.92 Å². The van der Waals surface area contributed by atoms with E-state index in [1.807, 2.05) is 4.90 Å². The minimum absolute atomic E-state index is 0.0321. The van der Waals surface area contributed by atoms with Crippen molar-refractivity contribution in [3.8, 4) is 0 Å². The Kier molecular flexibility index (Phi) is 5.98. The lowest BCUT2D eigenvalue weighted by Gasteiger charge is -2.37. The molecule has 27 heavy (non-hydrogen) atoms. The Hall–Kier alpha value is -2.16. The van der Waals surface area contributed by atoms with Gasteiger partial charge in [0.1, 0.15) is 0 Å². The monoisotopic (exact) mass is 394 g/mol. The zero-order valence-corrected chi connectivity index (χ0v) is 16.4. The number of sulfone groups is 1. The maximum absolute atomic E-state index is 12.6. The molecule has 8 nitrogen and oxygen atoms in total. The van der Waals surface area contributed by atoms with E-state index >= 15 is 0 Å². The van der Waals surface area contributed by atoms with E-state index in [4.69, 9.17) is 0 Å². The van der Waals surface area contributed by atoms with E-state index in [0.29, 0.717) is 31.9 Å². The molecule has 3 amide bonds. The van der Waals surface area contributed by atoms with Crippen LogP contribution in [0.25, 0.3) is 0 Å². The number of hydrogen-bond acceptors (Lipinski definition) is 5.